The van der Waals surface area contributed by atoms with E-state index in [1.165, 1.54) is 57.8 Å². The van der Waals surface area contributed by atoms with Crippen molar-refractivity contribution in [2.24, 2.45) is 23.2 Å². The van der Waals surface area contributed by atoms with Crippen LogP contribution in [0.4, 0.5) is 0 Å². The first-order valence-electron chi connectivity index (χ1n) is 8.56. The smallest absolute Gasteiger partial charge is 0.0628 e. The largest absolute Gasteiger partial charge is 0.377 e. The van der Waals surface area contributed by atoms with Gasteiger partial charge in [-0.15, -0.1) is 0 Å². The van der Waals surface area contributed by atoms with Crippen LogP contribution >= 0.6 is 0 Å². The lowest BCUT2D eigenvalue weighted by molar-refractivity contribution is -0.101. The second kappa shape index (κ2) is 4.73. The van der Waals surface area contributed by atoms with Gasteiger partial charge in [0.25, 0.3) is 0 Å². The van der Waals surface area contributed by atoms with Crippen LogP contribution in [0.15, 0.2) is 0 Å². The lowest BCUT2D eigenvalue weighted by Crippen LogP contribution is -2.57. The van der Waals surface area contributed by atoms with Gasteiger partial charge < -0.3 is 10.1 Å². The molecule has 5 saturated carbocycles. The minimum Gasteiger partial charge on any atom is -0.377 e. The summed E-state index contributed by atoms with van der Waals surface area (Å²) < 4.78 is 6.16. The molecule has 2 nitrogen and oxygen atoms in total. The molecule has 0 amide bonds. The molecule has 0 aliphatic heterocycles. The first-order valence-corrected chi connectivity index (χ1v) is 8.56. The van der Waals surface area contributed by atoms with Crippen LogP contribution in [0.3, 0.4) is 0 Å². The fourth-order valence-corrected chi connectivity index (χ4v) is 5.94. The predicted molar refractivity (Wildman–Crippen MR) is 77.0 cm³/mol. The summed E-state index contributed by atoms with van der Waals surface area (Å²) >= 11 is 0. The molecule has 0 spiro atoms. The van der Waals surface area contributed by atoms with E-state index in [4.69, 9.17) is 4.74 Å². The number of rotatable bonds is 5. The maximum Gasteiger partial charge on any atom is 0.0628 e. The molecular formula is C17H29NO. The normalized spacial score (nSPS) is 46.3. The first-order chi connectivity index (χ1) is 9.27. The Morgan fingerprint density at radius 3 is 2.05 bits per heavy atom. The van der Waals surface area contributed by atoms with Gasteiger partial charge in [0, 0.05) is 6.04 Å². The van der Waals surface area contributed by atoms with Gasteiger partial charge in [-0.3, -0.25) is 0 Å². The Morgan fingerprint density at radius 1 is 1.05 bits per heavy atom. The molecule has 19 heavy (non-hydrogen) atoms. The number of likely N-dealkylation sites (N-methyl/N-ethyl adjacent to an activating group) is 1. The van der Waals surface area contributed by atoms with Gasteiger partial charge in [0.15, 0.2) is 0 Å². The highest BCUT2D eigenvalue weighted by Gasteiger charge is 2.53. The van der Waals surface area contributed by atoms with Crippen molar-refractivity contribution in [3.8, 4) is 0 Å². The van der Waals surface area contributed by atoms with Crippen molar-refractivity contribution in [1.82, 2.24) is 5.32 Å². The van der Waals surface area contributed by atoms with E-state index in [-0.39, 0.29) is 0 Å². The zero-order valence-electron chi connectivity index (χ0n) is 12.4. The molecule has 0 aromatic rings. The monoisotopic (exact) mass is 263 g/mol. The topological polar surface area (TPSA) is 21.3 Å². The molecule has 1 atom stereocenters. The Labute approximate surface area is 117 Å². The molecule has 108 valence electrons. The summed E-state index contributed by atoms with van der Waals surface area (Å²) in [6.07, 6.45) is 13.7. The Balaban J connectivity index is 1.45. The Hall–Kier alpha value is -0.0800. The third kappa shape index (κ3) is 2.15. The fraction of sp³-hybridized carbons (Fsp3) is 1.00. The fourth-order valence-electron chi connectivity index (χ4n) is 5.94. The Morgan fingerprint density at radius 2 is 1.63 bits per heavy atom. The third-order valence-electron chi connectivity index (χ3n) is 6.72. The quantitative estimate of drug-likeness (QED) is 0.821. The van der Waals surface area contributed by atoms with Crippen LogP contribution < -0.4 is 5.32 Å². The molecule has 0 radical (unpaired) electrons. The van der Waals surface area contributed by atoms with Crippen LogP contribution in [0.2, 0.25) is 0 Å². The summed E-state index contributed by atoms with van der Waals surface area (Å²) in [7, 11) is 2.16. The first kappa shape index (κ1) is 12.6. The number of hydrogen-bond acceptors (Lipinski definition) is 2. The molecule has 0 aromatic heterocycles. The molecule has 5 fully saturated rings. The van der Waals surface area contributed by atoms with E-state index < -0.39 is 0 Å². The lowest BCUT2D eigenvalue weighted by Gasteiger charge is -2.59. The number of ether oxygens (including phenoxy) is 1. The van der Waals surface area contributed by atoms with Crippen molar-refractivity contribution in [3.05, 3.63) is 0 Å². The Bertz CT molecular complexity index is 301. The van der Waals surface area contributed by atoms with Crippen molar-refractivity contribution in [1.29, 1.82) is 0 Å². The van der Waals surface area contributed by atoms with Gasteiger partial charge in [-0.2, -0.15) is 0 Å². The minimum absolute atomic E-state index is 0.588. The molecule has 5 aliphatic carbocycles. The molecule has 0 saturated heterocycles. The summed E-state index contributed by atoms with van der Waals surface area (Å²) in [6.45, 7) is 0.966. The van der Waals surface area contributed by atoms with Gasteiger partial charge >= 0.3 is 0 Å². The van der Waals surface area contributed by atoms with Crippen molar-refractivity contribution in [3.63, 3.8) is 0 Å². The maximum atomic E-state index is 6.16. The van der Waals surface area contributed by atoms with Crippen molar-refractivity contribution >= 4 is 0 Å². The number of hydrogen-bond donors (Lipinski definition) is 1. The van der Waals surface area contributed by atoms with E-state index in [2.05, 4.69) is 12.4 Å². The lowest BCUT2D eigenvalue weighted by atomic mass is 9.48. The van der Waals surface area contributed by atoms with Gasteiger partial charge in [-0.1, -0.05) is 0 Å². The molecule has 5 rings (SSSR count). The average Bonchev–Trinajstić information content (AvgIpc) is 2.30. The second-order valence-corrected chi connectivity index (χ2v) is 8.01. The second-order valence-electron chi connectivity index (χ2n) is 8.01. The van der Waals surface area contributed by atoms with E-state index in [9.17, 15) is 0 Å². The van der Waals surface area contributed by atoms with Gasteiger partial charge in [-0.25, -0.2) is 0 Å². The van der Waals surface area contributed by atoms with Gasteiger partial charge in [0.1, 0.15) is 0 Å². The van der Waals surface area contributed by atoms with Crippen LogP contribution in [0, 0.1) is 23.2 Å². The van der Waals surface area contributed by atoms with Gasteiger partial charge in [-0.05, 0) is 88.0 Å². The van der Waals surface area contributed by atoms with Gasteiger partial charge in [0.05, 0.1) is 12.7 Å². The van der Waals surface area contributed by atoms with E-state index in [1.807, 2.05) is 0 Å². The molecule has 1 unspecified atom stereocenters. The SMILES string of the molecule is CNC(COC1CCC1)C12CC3CC(CC(C3)C1)C2. The molecule has 4 bridgehead atoms. The van der Waals surface area contributed by atoms with E-state index in [0.29, 0.717) is 17.6 Å². The summed E-state index contributed by atoms with van der Waals surface area (Å²) in [5.74, 6) is 3.14. The van der Waals surface area contributed by atoms with Crippen LogP contribution in [0.5, 0.6) is 0 Å². The van der Waals surface area contributed by atoms with E-state index in [0.717, 1.165) is 24.4 Å². The standard InChI is InChI=1S/C17H29NO/c1-18-16(11-19-15-3-2-4-15)17-8-12-5-13(9-17)7-14(6-12)10-17/h12-16,18H,2-11H2,1H3. The van der Waals surface area contributed by atoms with Crippen LogP contribution in [0.25, 0.3) is 0 Å². The summed E-state index contributed by atoms with van der Waals surface area (Å²) in [6, 6.07) is 0.612. The maximum absolute atomic E-state index is 6.16. The summed E-state index contributed by atoms with van der Waals surface area (Å²) in [5, 5.41) is 3.64. The highest BCUT2D eigenvalue weighted by Crippen LogP contribution is 2.61. The highest BCUT2D eigenvalue weighted by atomic mass is 16.5. The van der Waals surface area contributed by atoms with Crippen molar-refractivity contribution in [2.75, 3.05) is 13.7 Å². The summed E-state index contributed by atoms with van der Waals surface area (Å²) in [5.41, 5.74) is 0.591. The molecular weight excluding hydrogens is 234 g/mol. The third-order valence-corrected chi connectivity index (χ3v) is 6.72. The van der Waals surface area contributed by atoms with Crippen molar-refractivity contribution < 1.29 is 4.74 Å². The van der Waals surface area contributed by atoms with E-state index >= 15 is 0 Å². The summed E-state index contributed by atoms with van der Waals surface area (Å²) in [4.78, 5) is 0. The van der Waals surface area contributed by atoms with Crippen molar-refractivity contribution in [2.45, 2.75) is 69.9 Å². The van der Waals surface area contributed by atoms with Crippen LogP contribution in [-0.4, -0.2) is 25.8 Å². The number of nitrogens with one attached hydrogen (secondary N) is 1. The average molecular weight is 263 g/mol. The zero-order valence-corrected chi connectivity index (χ0v) is 12.4. The van der Waals surface area contributed by atoms with Crippen LogP contribution in [0.1, 0.15) is 57.8 Å². The highest BCUT2D eigenvalue weighted by molar-refractivity contribution is 5.06. The molecule has 0 heterocycles. The van der Waals surface area contributed by atoms with Gasteiger partial charge in [0.2, 0.25) is 0 Å². The van der Waals surface area contributed by atoms with E-state index in [1.54, 1.807) is 0 Å². The Kier molecular flexibility index (Phi) is 3.15. The molecule has 5 aliphatic rings. The zero-order chi connectivity index (χ0) is 12.9. The molecule has 2 heteroatoms. The predicted octanol–water partition coefficient (Wildman–Crippen LogP) is 3.36. The minimum atomic E-state index is 0.588. The molecule has 1 N–H and O–H groups in total. The van der Waals surface area contributed by atoms with Crippen LogP contribution in [-0.2, 0) is 4.74 Å². The molecule has 0 aromatic carbocycles.